The molecule has 1 atom stereocenters. The number of morpholine rings is 1. The Morgan fingerprint density at radius 3 is 2.80 bits per heavy atom. The van der Waals surface area contributed by atoms with E-state index in [4.69, 9.17) is 9.47 Å². The molecular formula is C14H23N3O3. The molecule has 1 saturated heterocycles. The molecule has 1 aromatic heterocycles. The summed E-state index contributed by atoms with van der Waals surface area (Å²) in [6.07, 6.45) is 3.08. The van der Waals surface area contributed by atoms with E-state index in [0.29, 0.717) is 24.8 Å². The minimum Gasteiger partial charge on any atom is -0.472 e. The molecule has 0 aromatic carbocycles. The van der Waals surface area contributed by atoms with Crippen molar-refractivity contribution in [3.63, 3.8) is 0 Å². The Kier molecular flexibility index (Phi) is 4.45. The number of anilines is 1. The number of hydrogen-bond acceptors (Lipinski definition) is 6. The predicted molar refractivity (Wildman–Crippen MR) is 76.0 cm³/mol. The Morgan fingerprint density at radius 1 is 1.45 bits per heavy atom. The van der Waals surface area contributed by atoms with Crippen molar-refractivity contribution in [3.8, 4) is 5.88 Å². The summed E-state index contributed by atoms with van der Waals surface area (Å²) in [7, 11) is 0. The van der Waals surface area contributed by atoms with Crippen molar-refractivity contribution in [2.75, 3.05) is 24.6 Å². The van der Waals surface area contributed by atoms with Crippen LogP contribution in [0.2, 0.25) is 0 Å². The van der Waals surface area contributed by atoms with Crippen LogP contribution in [0.25, 0.3) is 0 Å². The Labute approximate surface area is 119 Å². The third-order valence-electron chi connectivity index (χ3n) is 2.98. The lowest BCUT2D eigenvalue weighted by molar-refractivity contribution is -0.101. The lowest BCUT2D eigenvalue weighted by atomic mass is 10.1. The zero-order chi connectivity index (χ0) is 14.8. The molecule has 112 valence electrons. The fraction of sp³-hybridized carbons (Fsp3) is 0.714. The number of ether oxygens (including phenoxy) is 2. The van der Waals surface area contributed by atoms with Gasteiger partial charge in [-0.25, -0.2) is 9.97 Å². The van der Waals surface area contributed by atoms with Gasteiger partial charge in [0.2, 0.25) is 0 Å². The van der Waals surface area contributed by atoms with E-state index in [1.165, 1.54) is 0 Å². The van der Waals surface area contributed by atoms with E-state index < -0.39 is 0 Å². The second-order valence-electron chi connectivity index (χ2n) is 5.91. The van der Waals surface area contributed by atoms with Crippen LogP contribution in [-0.2, 0) is 4.74 Å². The number of aromatic nitrogens is 2. The van der Waals surface area contributed by atoms with Crippen LogP contribution >= 0.6 is 0 Å². The fourth-order valence-corrected chi connectivity index (χ4v) is 2.39. The highest BCUT2D eigenvalue weighted by atomic mass is 16.5. The first-order valence-electron chi connectivity index (χ1n) is 6.92. The maximum absolute atomic E-state index is 9.38. The molecule has 1 N–H and O–H groups in total. The quantitative estimate of drug-likeness (QED) is 0.895. The van der Waals surface area contributed by atoms with Gasteiger partial charge in [-0.05, 0) is 27.7 Å². The fourth-order valence-electron chi connectivity index (χ4n) is 2.39. The van der Waals surface area contributed by atoms with E-state index in [2.05, 4.69) is 14.9 Å². The van der Waals surface area contributed by atoms with Crippen molar-refractivity contribution in [1.82, 2.24) is 9.97 Å². The van der Waals surface area contributed by atoms with Crippen molar-refractivity contribution in [3.05, 3.63) is 12.4 Å². The molecule has 0 spiro atoms. The number of aliphatic hydroxyl groups is 1. The van der Waals surface area contributed by atoms with Gasteiger partial charge in [-0.1, -0.05) is 0 Å². The summed E-state index contributed by atoms with van der Waals surface area (Å²) in [6.45, 7) is 9.16. The standard InChI is InChI=1S/C14H23N3O3/c1-10(2)19-13-12(15-5-6-16-13)17-7-11(8-18)20-14(3,4)9-17/h5-6,10-11,18H,7-9H2,1-4H3. The van der Waals surface area contributed by atoms with Crippen LogP contribution in [0.1, 0.15) is 27.7 Å². The van der Waals surface area contributed by atoms with Gasteiger partial charge in [0.25, 0.3) is 5.88 Å². The highest BCUT2D eigenvalue weighted by Gasteiger charge is 2.35. The smallest absolute Gasteiger partial charge is 0.257 e. The number of rotatable bonds is 4. The summed E-state index contributed by atoms with van der Waals surface area (Å²) in [5.74, 6) is 1.23. The molecule has 2 heterocycles. The molecule has 1 unspecified atom stereocenters. The molecule has 1 aliphatic rings. The van der Waals surface area contributed by atoms with Gasteiger partial charge in [0, 0.05) is 25.5 Å². The van der Waals surface area contributed by atoms with E-state index in [1.54, 1.807) is 12.4 Å². The van der Waals surface area contributed by atoms with Crippen molar-refractivity contribution in [1.29, 1.82) is 0 Å². The number of aliphatic hydroxyl groups excluding tert-OH is 1. The first-order valence-corrected chi connectivity index (χ1v) is 6.92. The summed E-state index contributed by atoms with van der Waals surface area (Å²) < 4.78 is 11.5. The van der Waals surface area contributed by atoms with E-state index in [0.717, 1.165) is 0 Å². The summed E-state index contributed by atoms with van der Waals surface area (Å²) in [5, 5.41) is 9.38. The van der Waals surface area contributed by atoms with Gasteiger partial charge >= 0.3 is 0 Å². The minimum absolute atomic E-state index is 0.0133. The number of hydrogen-bond donors (Lipinski definition) is 1. The molecule has 0 amide bonds. The van der Waals surface area contributed by atoms with Crippen molar-refractivity contribution >= 4 is 5.82 Å². The van der Waals surface area contributed by atoms with E-state index in [1.807, 2.05) is 27.7 Å². The average Bonchev–Trinajstić information content (AvgIpc) is 2.36. The third kappa shape index (κ3) is 3.58. The van der Waals surface area contributed by atoms with E-state index in [9.17, 15) is 5.11 Å². The molecule has 1 aliphatic heterocycles. The monoisotopic (exact) mass is 281 g/mol. The molecule has 0 bridgehead atoms. The van der Waals surface area contributed by atoms with Crippen LogP contribution < -0.4 is 9.64 Å². The zero-order valence-electron chi connectivity index (χ0n) is 12.5. The molecule has 20 heavy (non-hydrogen) atoms. The Morgan fingerprint density at radius 2 is 2.15 bits per heavy atom. The second kappa shape index (κ2) is 5.93. The maximum Gasteiger partial charge on any atom is 0.257 e. The minimum atomic E-state index is -0.349. The maximum atomic E-state index is 9.38. The summed E-state index contributed by atoms with van der Waals surface area (Å²) in [5.41, 5.74) is -0.349. The van der Waals surface area contributed by atoms with Gasteiger partial charge in [0.05, 0.1) is 24.4 Å². The lowest BCUT2D eigenvalue weighted by Crippen LogP contribution is -2.54. The second-order valence-corrected chi connectivity index (χ2v) is 5.91. The zero-order valence-corrected chi connectivity index (χ0v) is 12.5. The van der Waals surface area contributed by atoms with Gasteiger partial charge in [-0.2, -0.15) is 0 Å². The first kappa shape index (κ1) is 15.0. The highest BCUT2D eigenvalue weighted by molar-refractivity contribution is 5.48. The average molecular weight is 281 g/mol. The lowest BCUT2D eigenvalue weighted by Gasteiger charge is -2.42. The molecule has 0 radical (unpaired) electrons. The summed E-state index contributed by atoms with van der Waals surface area (Å²) >= 11 is 0. The molecule has 0 aliphatic carbocycles. The molecule has 2 rings (SSSR count). The highest BCUT2D eigenvalue weighted by Crippen LogP contribution is 2.29. The molecule has 6 nitrogen and oxygen atoms in total. The van der Waals surface area contributed by atoms with Crippen LogP contribution in [0.5, 0.6) is 5.88 Å². The topological polar surface area (TPSA) is 67.7 Å². The molecule has 1 fully saturated rings. The van der Waals surface area contributed by atoms with Crippen LogP contribution in [0, 0.1) is 0 Å². The predicted octanol–water partition coefficient (Wildman–Crippen LogP) is 1.24. The Bertz CT molecular complexity index is 451. The van der Waals surface area contributed by atoms with Crippen molar-refractivity contribution in [2.24, 2.45) is 0 Å². The number of nitrogens with zero attached hydrogens (tertiary/aromatic N) is 3. The molecular weight excluding hydrogens is 258 g/mol. The van der Waals surface area contributed by atoms with Crippen LogP contribution in [0.15, 0.2) is 12.4 Å². The van der Waals surface area contributed by atoms with E-state index >= 15 is 0 Å². The Balaban J connectivity index is 2.25. The van der Waals surface area contributed by atoms with Gasteiger partial charge in [-0.15, -0.1) is 0 Å². The molecule has 6 heteroatoms. The van der Waals surface area contributed by atoms with Gasteiger partial charge in [0.15, 0.2) is 5.82 Å². The summed E-state index contributed by atoms with van der Waals surface area (Å²) in [4.78, 5) is 10.7. The first-order chi connectivity index (χ1) is 9.41. The summed E-state index contributed by atoms with van der Waals surface area (Å²) in [6, 6.07) is 0. The third-order valence-corrected chi connectivity index (χ3v) is 2.98. The van der Waals surface area contributed by atoms with Gasteiger partial charge in [0.1, 0.15) is 0 Å². The van der Waals surface area contributed by atoms with Crippen molar-refractivity contribution < 1.29 is 14.6 Å². The van der Waals surface area contributed by atoms with Crippen LogP contribution in [-0.4, -0.2) is 52.6 Å². The SMILES string of the molecule is CC(C)Oc1nccnc1N1CC(CO)OC(C)(C)C1. The molecule has 1 aromatic rings. The largest absolute Gasteiger partial charge is 0.472 e. The Hall–Kier alpha value is -1.40. The molecule has 0 saturated carbocycles. The van der Waals surface area contributed by atoms with Gasteiger partial charge in [-0.3, -0.25) is 0 Å². The normalized spacial score (nSPS) is 22.1. The van der Waals surface area contributed by atoms with Crippen LogP contribution in [0.4, 0.5) is 5.82 Å². The van der Waals surface area contributed by atoms with Gasteiger partial charge < -0.3 is 19.5 Å². The van der Waals surface area contributed by atoms with Crippen molar-refractivity contribution in [2.45, 2.75) is 45.5 Å². The van der Waals surface area contributed by atoms with E-state index in [-0.39, 0.29) is 24.4 Å². The van der Waals surface area contributed by atoms with Crippen LogP contribution in [0.3, 0.4) is 0 Å².